The molecule has 2 aromatic heterocycles. The molecule has 3 aromatic rings. The lowest BCUT2D eigenvalue weighted by molar-refractivity contribution is 0.648. The molecule has 116 valence electrons. The van der Waals surface area contributed by atoms with E-state index in [0.29, 0.717) is 0 Å². The third-order valence-electron chi connectivity index (χ3n) is 4.42. The zero-order chi connectivity index (χ0) is 15.6. The number of para-hydroxylation sites is 1. The van der Waals surface area contributed by atoms with Gasteiger partial charge in [0.25, 0.3) is 0 Å². The van der Waals surface area contributed by atoms with Crippen molar-refractivity contribution in [3.05, 3.63) is 60.4 Å². The van der Waals surface area contributed by atoms with E-state index < -0.39 is 0 Å². The number of benzene rings is 1. The van der Waals surface area contributed by atoms with Gasteiger partial charge in [0.15, 0.2) is 0 Å². The average Bonchev–Trinajstić information content (AvgIpc) is 2.62. The van der Waals surface area contributed by atoms with Crippen LogP contribution < -0.4 is 9.80 Å². The van der Waals surface area contributed by atoms with Crippen molar-refractivity contribution >= 4 is 22.4 Å². The van der Waals surface area contributed by atoms with Gasteiger partial charge in [0.1, 0.15) is 5.82 Å². The molecule has 4 heteroatoms. The Morgan fingerprint density at radius 2 is 1.61 bits per heavy atom. The quantitative estimate of drug-likeness (QED) is 0.727. The van der Waals surface area contributed by atoms with E-state index >= 15 is 0 Å². The van der Waals surface area contributed by atoms with Gasteiger partial charge in [0.2, 0.25) is 0 Å². The molecule has 0 atom stereocenters. The molecule has 0 bridgehead atoms. The lowest BCUT2D eigenvalue weighted by atomic mass is 10.1. The number of aryl methyl sites for hydroxylation is 1. The molecule has 1 fully saturated rings. The van der Waals surface area contributed by atoms with Gasteiger partial charge in [-0.05, 0) is 31.2 Å². The van der Waals surface area contributed by atoms with Crippen LogP contribution in [0.15, 0.2) is 54.7 Å². The maximum absolute atomic E-state index is 4.65. The summed E-state index contributed by atoms with van der Waals surface area (Å²) in [6, 6.07) is 16.7. The predicted molar refractivity (Wildman–Crippen MR) is 95.1 cm³/mol. The van der Waals surface area contributed by atoms with Crippen LogP contribution in [0.25, 0.3) is 10.9 Å². The summed E-state index contributed by atoms with van der Waals surface area (Å²) in [5.41, 5.74) is 3.45. The zero-order valence-electron chi connectivity index (χ0n) is 13.3. The molecule has 0 spiro atoms. The van der Waals surface area contributed by atoms with Crippen LogP contribution >= 0.6 is 0 Å². The maximum atomic E-state index is 4.65. The van der Waals surface area contributed by atoms with E-state index in [2.05, 4.69) is 69.2 Å². The highest BCUT2D eigenvalue weighted by atomic mass is 15.3. The van der Waals surface area contributed by atoms with Gasteiger partial charge in [-0.2, -0.15) is 0 Å². The molecule has 0 amide bonds. The fraction of sp³-hybridized carbons (Fsp3) is 0.263. The van der Waals surface area contributed by atoms with Gasteiger partial charge in [-0.1, -0.05) is 24.3 Å². The van der Waals surface area contributed by atoms with Crippen LogP contribution in [-0.2, 0) is 0 Å². The second-order valence-electron chi connectivity index (χ2n) is 5.96. The van der Waals surface area contributed by atoms with Gasteiger partial charge in [-0.15, -0.1) is 0 Å². The Bertz CT molecular complexity index is 808. The summed E-state index contributed by atoms with van der Waals surface area (Å²) >= 11 is 0. The number of nitrogens with zero attached hydrogens (tertiary/aromatic N) is 4. The summed E-state index contributed by atoms with van der Waals surface area (Å²) in [5, 5.41) is 1.24. The average molecular weight is 304 g/mol. The van der Waals surface area contributed by atoms with Crippen LogP contribution in [0.4, 0.5) is 11.5 Å². The topological polar surface area (TPSA) is 32.3 Å². The van der Waals surface area contributed by atoms with Gasteiger partial charge >= 0.3 is 0 Å². The SMILES string of the molecule is Cc1cc(N2CCN(c3ccccn3)CC2)c2ccccc2n1. The number of rotatable bonds is 2. The molecular weight excluding hydrogens is 284 g/mol. The molecule has 4 nitrogen and oxygen atoms in total. The Labute approximate surface area is 136 Å². The first kappa shape index (κ1) is 14.0. The highest BCUT2D eigenvalue weighted by molar-refractivity contribution is 5.92. The Morgan fingerprint density at radius 3 is 2.39 bits per heavy atom. The molecule has 4 rings (SSSR count). The van der Waals surface area contributed by atoms with E-state index in [4.69, 9.17) is 0 Å². The van der Waals surface area contributed by atoms with E-state index in [9.17, 15) is 0 Å². The molecule has 1 aliphatic heterocycles. The van der Waals surface area contributed by atoms with E-state index in [-0.39, 0.29) is 0 Å². The Hall–Kier alpha value is -2.62. The number of fused-ring (bicyclic) bond motifs is 1. The summed E-state index contributed by atoms with van der Waals surface area (Å²) in [4.78, 5) is 13.9. The lowest BCUT2D eigenvalue weighted by Crippen LogP contribution is -2.46. The summed E-state index contributed by atoms with van der Waals surface area (Å²) in [5.74, 6) is 1.07. The summed E-state index contributed by atoms with van der Waals surface area (Å²) in [7, 11) is 0. The molecule has 1 aromatic carbocycles. The zero-order valence-corrected chi connectivity index (χ0v) is 13.3. The van der Waals surface area contributed by atoms with E-state index in [1.165, 1.54) is 11.1 Å². The predicted octanol–water partition coefficient (Wildman–Crippen LogP) is 3.26. The van der Waals surface area contributed by atoms with Crippen molar-refractivity contribution in [2.45, 2.75) is 6.92 Å². The van der Waals surface area contributed by atoms with E-state index in [0.717, 1.165) is 43.2 Å². The maximum Gasteiger partial charge on any atom is 0.128 e. The van der Waals surface area contributed by atoms with Crippen molar-refractivity contribution < 1.29 is 0 Å². The van der Waals surface area contributed by atoms with Crippen molar-refractivity contribution in [1.82, 2.24) is 9.97 Å². The second-order valence-corrected chi connectivity index (χ2v) is 5.96. The second kappa shape index (κ2) is 5.88. The molecule has 23 heavy (non-hydrogen) atoms. The Balaban J connectivity index is 1.59. The number of aromatic nitrogens is 2. The summed E-state index contributed by atoms with van der Waals surface area (Å²) < 4.78 is 0. The standard InChI is InChI=1S/C19H20N4/c1-15-14-18(16-6-2-3-7-17(16)21-15)22-10-12-23(13-11-22)19-8-4-5-9-20-19/h2-9,14H,10-13H2,1H3. The largest absolute Gasteiger partial charge is 0.367 e. The number of anilines is 2. The first-order chi connectivity index (χ1) is 11.3. The molecule has 1 saturated heterocycles. The van der Waals surface area contributed by atoms with Crippen LogP contribution in [-0.4, -0.2) is 36.1 Å². The Kier molecular flexibility index (Phi) is 3.58. The minimum atomic E-state index is 0.993. The van der Waals surface area contributed by atoms with Crippen LogP contribution in [0.2, 0.25) is 0 Å². The van der Waals surface area contributed by atoms with Crippen molar-refractivity contribution in [3.8, 4) is 0 Å². The van der Waals surface area contributed by atoms with Crippen molar-refractivity contribution in [2.24, 2.45) is 0 Å². The van der Waals surface area contributed by atoms with Gasteiger partial charge < -0.3 is 9.80 Å². The van der Waals surface area contributed by atoms with Gasteiger partial charge in [0.05, 0.1) is 5.52 Å². The molecule has 0 N–H and O–H groups in total. The first-order valence-electron chi connectivity index (χ1n) is 8.08. The van der Waals surface area contributed by atoms with Crippen molar-refractivity contribution in [3.63, 3.8) is 0 Å². The van der Waals surface area contributed by atoms with E-state index in [1.54, 1.807) is 0 Å². The van der Waals surface area contributed by atoms with Gasteiger partial charge in [-0.3, -0.25) is 4.98 Å². The normalized spacial score (nSPS) is 15.2. The number of hydrogen-bond donors (Lipinski definition) is 0. The number of hydrogen-bond acceptors (Lipinski definition) is 4. The minimum absolute atomic E-state index is 0.993. The third kappa shape index (κ3) is 2.72. The fourth-order valence-electron chi connectivity index (χ4n) is 3.26. The van der Waals surface area contributed by atoms with Gasteiger partial charge in [-0.25, -0.2) is 4.98 Å². The molecule has 1 aliphatic rings. The summed E-state index contributed by atoms with van der Waals surface area (Å²) in [6.45, 7) is 6.06. The Morgan fingerprint density at radius 1 is 0.870 bits per heavy atom. The molecule has 0 radical (unpaired) electrons. The highest BCUT2D eigenvalue weighted by Gasteiger charge is 2.20. The molecule has 0 unspecified atom stereocenters. The number of piperazine rings is 1. The lowest BCUT2D eigenvalue weighted by Gasteiger charge is -2.37. The third-order valence-corrected chi connectivity index (χ3v) is 4.42. The molecule has 3 heterocycles. The summed E-state index contributed by atoms with van der Waals surface area (Å²) in [6.07, 6.45) is 1.86. The number of pyridine rings is 2. The smallest absolute Gasteiger partial charge is 0.128 e. The van der Waals surface area contributed by atoms with Crippen LogP contribution in [0.1, 0.15) is 5.69 Å². The fourth-order valence-corrected chi connectivity index (χ4v) is 3.26. The van der Waals surface area contributed by atoms with Crippen LogP contribution in [0, 0.1) is 6.92 Å². The molecule has 0 saturated carbocycles. The van der Waals surface area contributed by atoms with Crippen LogP contribution in [0.5, 0.6) is 0 Å². The molecular formula is C19H20N4. The highest BCUT2D eigenvalue weighted by Crippen LogP contribution is 2.28. The van der Waals surface area contributed by atoms with Gasteiger partial charge in [0, 0.05) is 49.1 Å². The minimum Gasteiger partial charge on any atom is -0.367 e. The van der Waals surface area contributed by atoms with Crippen molar-refractivity contribution in [2.75, 3.05) is 36.0 Å². The molecule has 0 aliphatic carbocycles. The van der Waals surface area contributed by atoms with Crippen molar-refractivity contribution in [1.29, 1.82) is 0 Å². The van der Waals surface area contributed by atoms with E-state index in [1.807, 2.05) is 12.3 Å². The van der Waals surface area contributed by atoms with Crippen LogP contribution in [0.3, 0.4) is 0 Å². The first-order valence-corrected chi connectivity index (χ1v) is 8.08. The monoisotopic (exact) mass is 304 g/mol.